The van der Waals surface area contributed by atoms with E-state index >= 15 is 0 Å². The first kappa shape index (κ1) is 26.1. The number of urea groups is 1. The third-order valence-corrected chi connectivity index (χ3v) is 6.95. The maximum Gasteiger partial charge on any atom is 0.501 e. The molecule has 1 heterocycles. The van der Waals surface area contributed by atoms with E-state index in [-0.39, 0.29) is 23.9 Å². The molecule has 0 saturated carbocycles. The van der Waals surface area contributed by atoms with Gasteiger partial charge >= 0.3 is 18.2 Å². The van der Waals surface area contributed by atoms with Crippen LogP contribution in [0.1, 0.15) is 17.0 Å². The first-order chi connectivity index (χ1) is 17.5. The van der Waals surface area contributed by atoms with Crippen LogP contribution < -0.4 is 10.1 Å². The minimum absolute atomic E-state index is 0.0424. The highest BCUT2D eigenvalue weighted by atomic mass is 32.2. The molecule has 3 aromatic carbocycles. The van der Waals surface area contributed by atoms with Crippen LogP contribution in [-0.4, -0.2) is 43.8 Å². The van der Waals surface area contributed by atoms with E-state index in [1.807, 2.05) is 30.3 Å². The molecule has 37 heavy (non-hydrogen) atoms. The minimum atomic E-state index is -5.52. The SMILES string of the molecule is O=C(Nc1ccc(S(=O)(=O)C(F)(F)F)cc1)N1CC(c2ccccc2)C(c2ccc(OC(F)F)cc2)=N1. The van der Waals surface area contributed by atoms with E-state index in [4.69, 9.17) is 0 Å². The molecule has 4 rings (SSSR count). The Labute approximate surface area is 208 Å². The Morgan fingerprint density at radius 2 is 1.59 bits per heavy atom. The van der Waals surface area contributed by atoms with Gasteiger partial charge in [-0.3, -0.25) is 0 Å². The Morgan fingerprint density at radius 1 is 0.973 bits per heavy atom. The zero-order valence-corrected chi connectivity index (χ0v) is 19.5. The fourth-order valence-corrected chi connectivity index (χ4v) is 4.44. The van der Waals surface area contributed by atoms with Crippen molar-refractivity contribution < 1.29 is 39.9 Å². The van der Waals surface area contributed by atoms with Crippen molar-refractivity contribution >= 4 is 27.3 Å². The molecule has 1 N–H and O–H groups in total. The molecular weight excluding hydrogens is 521 g/mol. The first-order valence-electron chi connectivity index (χ1n) is 10.6. The average molecular weight is 539 g/mol. The van der Waals surface area contributed by atoms with Crippen molar-refractivity contribution in [1.29, 1.82) is 0 Å². The van der Waals surface area contributed by atoms with Crippen molar-refractivity contribution in [3.8, 4) is 5.75 Å². The molecule has 1 aliphatic heterocycles. The summed E-state index contributed by atoms with van der Waals surface area (Å²) < 4.78 is 90.6. The van der Waals surface area contributed by atoms with Crippen LogP contribution in [0.15, 0.2) is 88.9 Å². The summed E-state index contributed by atoms with van der Waals surface area (Å²) in [4.78, 5) is 11.9. The zero-order valence-electron chi connectivity index (χ0n) is 18.7. The maximum absolute atomic E-state index is 12.9. The number of carbonyl (C=O) groups is 1. The summed E-state index contributed by atoms with van der Waals surface area (Å²) in [5.74, 6) is -0.410. The van der Waals surface area contributed by atoms with E-state index in [2.05, 4.69) is 15.2 Å². The third-order valence-electron chi connectivity index (χ3n) is 5.45. The Bertz CT molecular complexity index is 1400. The molecule has 0 aromatic heterocycles. The number of benzene rings is 3. The predicted molar refractivity (Wildman–Crippen MR) is 124 cm³/mol. The van der Waals surface area contributed by atoms with Gasteiger partial charge in [-0.1, -0.05) is 30.3 Å². The van der Waals surface area contributed by atoms with Crippen LogP contribution in [0.25, 0.3) is 0 Å². The lowest BCUT2D eigenvalue weighted by Crippen LogP contribution is -2.30. The highest BCUT2D eigenvalue weighted by Crippen LogP contribution is 2.32. The second-order valence-corrected chi connectivity index (χ2v) is 9.78. The lowest BCUT2D eigenvalue weighted by atomic mass is 9.90. The van der Waals surface area contributed by atoms with Crippen LogP contribution >= 0.6 is 0 Å². The number of hydrogen-bond acceptors (Lipinski definition) is 5. The Morgan fingerprint density at radius 3 is 2.16 bits per heavy atom. The molecule has 194 valence electrons. The Hall–Kier alpha value is -4.00. The first-order valence-corrected chi connectivity index (χ1v) is 12.1. The quantitative estimate of drug-likeness (QED) is 0.412. The number of nitrogens with zero attached hydrogens (tertiary/aromatic N) is 2. The number of carbonyl (C=O) groups excluding carboxylic acids is 1. The molecule has 0 spiro atoms. The van der Waals surface area contributed by atoms with Gasteiger partial charge < -0.3 is 10.1 Å². The molecule has 2 amide bonds. The van der Waals surface area contributed by atoms with Crippen molar-refractivity contribution in [3.63, 3.8) is 0 Å². The van der Waals surface area contributed by atoms with Crippen LogP contribution in [0.4, 0.5) is 32.4 Å². The predicted octanol–water partition coefficient (Wildman–Crippen LogP) is 5.62. The number of alkyl halides is 5. The lowest BCUT2D eigenvalue weighted by molar-refractivity contribution is -0.0499. The molecule has 1 atom stereocenters. The second-order valence-electron chi connectivity index (χ2n) is 7.84. The van der Waals surface area contributed by atoms with Gasteiger partial charge in [0.25, 0.3) is 9.84 Å². The molecule has 0 aliphatic carbocycles. The van der Waals surface area contributed by atoms with Gasteiger partial charge in [0, 0.05) is 11.6 Å². The summed E-state index contributed by atoms with van der Waals surface area (Å²) in [6, 6.07) is 17.8. The maximum atomic E-state index is 12.9. The van der Waals surface area contributed by atoms with E-state index in [1.54, 1.807) is 0 Å². The number of amides is 2. The lowest BCUT2D eigenvalue weighted by Gasteiger charge is -2.16. The third kappa shape index (κ3) is 5.71. The number of ether oxygens (including phenoxy) is 1. The Kier molecular flexibility index (Phi) is 7.16. The monoisotopic (exact) mass is 539 g/mol. The van der Waals surface area contributed by atoms with E-state index in [0.29, 0.717) is 11.3 Å². The molecule has 0 radical (unpaired) electrons. The molecule has 7 nitrogen and oxygen atoms in total. The topological polar surface area (TPSA) is 88.1 Å². The fourth-order valence-electron chi connectivity index (χ4n) is 3.68. The van der Waals surface area contributed by atoms with E-state index in [1.165, 1.54) is 24.3 Å². The number of nitrogens with one attached hydrogen (secondary N) is 1. The van der Waals surface area contributed by atoms with Gasteiger partial charge in [0.2, 0.25) is 0 Å². The summed E-state index contributed by atoms with van der Waals surface area (Å²) in [6.07, 6.45) is 0. The number of sulfone groups is 1. The van der Waals surface area contributed by atoms with Crippen LogP contribution in [0.2, 0.25) is 0 Å². The summed E-state index contributed by atoms with van der Waals surface area (Å²) in [5.41, 5.74) is -3.51. The van der Waals surface area contributed by atoms with E-state index in [9.17, 15) is 35.2 Å². The van der Waals surface area contributed by atoms with Crippen molar-refractivity contribution in [1.82, 2.24) is 5.01 Å². The number of rotatable bonds is 6. The average Bonchev–Trinajstić information content (AvgIpc) is 3.30. The molecule has 1 aliphatic rings. The van der Waals surface area contributed by atoms with Crippen molar-refractivity contribution in [3.05, 3.63) is 90.0 Å². The van der Waals surface area contributed by atoms with E-state index in [0.717, 1.165) is 34.8 Å². The molecule has 1 unspecified atom stereocenters. The molecule has 0 fully saturated rings. The van der Waals surface area contributed by atoms with Crippen molar-refractivity contribution in [2.45, 2.75) is 22.9 Å². The number of hydrogen-bond donors (Lipinski definition) is 1. The fraction of sp³-hybridized carbons (Fsp3) is 0.167. The molecule has 3 aromatic rings. The molecule has 13 heteroatoms. The van der Waals surface area contributed by atoms with Gasteiger partial charge in [0.15, 0.2) is 0 Å². The summed E-state index contributed by atoms with van der Waals surface area (Å²) in [6.45, 7) is -2.87. The van der Waals surface area contributed by atoms with Gasteiger partial charge in [-0.25, -0.2) is 18.2 Å². The van der Waals surface area contributed by atoms with Crippen molar-refractivity contribution in [2.75, 3.05) is 11.9 Å². The smallest absolute Gasteiger partial charge is 0.435 e. The molecule has 0 bridgehead atoms. The number of halogens is 5. The number of anilines is 1. The molecule has 0 saturated heterocycles. The standard InChI is InChI=1S/C24H18F5N3O4S/c25-22(26)36-18-10-6-16(7-11-18)21-20(15-4-2-1-3-5-15)14-32(31-21)23(33)30-17-8-12-19(13-9-17)37(34,35)24(27,28)29/h1-13,20,22H,14H2,(H,30,33). The van der Waals surface area contributed by atoms with Crippen molar-refractivity contribution in [2.24, 2.45) is 5.10 Å². The van der Waals surface area contributed by atoms with Crippen LogP contribution in [-0.2, 0) is 9.84 Å². The van der Waals surface area contributed by atoms with Crippen LogP contribution in [0.3, 0.4) is 0 Å². The Balaban J connectivity index is 1.56. The van der Waals surface area contributed by atoms with Crippen LogP contribution in [0.5, 0.6) is 5.75 Å². The van der Waals surface area contributed by atoms with Gasteiger partial charge in [0.05, 0.1) is 17.2 Å². The zero-order chi connectivity index (χ0) is 26.8. The summed E-state index contributed by atoms with van der Waals surface area (Å²) in [7, 11) is -5.52. The van der Waals surface area contributed by atoms with Gasteiger partial charge in [-0.15, -0.1) is 0 Å². The normalized spacial score (nSPS) is 16.0. The minimum Gasteiger partial charge on any atom is -0.435 e. The van der Waals surface area contributed by atoms with Gasteiger partial charge in [0.1, 0.15) is 5.75 Å². The molecular formula is C24H18F5N3O4S. The summed E-state index contributed by atoms with van der Waals surface area (Å²) >= 11 is 0. The van der Waals surface area contributed by atoms with E-state index < -0.39 is 32.9 Å². The number of hydrazone groups is 1. The highest BCUT2D eigenvalue weighted by molar-refractivity contribution is 7.92. The second kappa shape index (κ2) is 10.2. The van der Waals surface area contributed by atoms with Crippen LogP contribution in [0, 0.1) is 0 Å². The largest absolute Gasteiger partial charge is 0.501 e. The highest BCUT2D eigenvalue weighted by Gasteiger charge is 2.46. The summed E-state index contributed by atoms with van der Waals surface area (Å²) in [5, 5.41) is 7.99. The van der Waals surface area contributed by atoms with Gasteiger partial charge in [-0.2, -0.15) is 27.1 Å². The van der Waals surface area contributed by atoms with Gasteiger partial charge in [-0.05, 0) is 59.7 Å².